The Morgan fingerprint density at radius 3 is 2.67 bits per heavy atom. The van der Waals surface area contributed by atoms with Gasteiger partial charge in [-0.25, -0.2) is 0 Å². The Bertz CT molecular complexity index is 532. The molecule has 0 saturated carbocycles. The highest BCUT2D eigenvalue weighted by Crippen LogP contribution is 2.19. The summed E-state index contributed by atoms with van der Waals surface area (Å²) in [5, 5.41) is 1.05. The molecular weight excluding hydrogens is 226 g/mol. The van der Waals surface area contributed by atoms with Crippen LogP contribution in [0, 0.1) is 0 Å². The van der Waals surface area contributed by atoms with E-state index in [2.05, 4.69) is 0 Å². The number of furan rings is 1. The van der Waals surface area contributed by atoms with E-state index in [9.17, 15) is 4.79 Å². The molecule has 1 heterocycles. The van der Waals surface area contributed by atoms with E-state index in [1.807, 2.05) is 44.2 Å². The predicted molar refractivity (Wildman–Crippen MR) is 73.2 cm³/mol. The summed E-state index contributed by atoms with van der Waals surface area (Å²) < 4.78 is 5.61. The van der Waals surface area contributed by atoms with Gasteiger partial charge in [-0.05, 0) is 32.1 Å². The zero-order valence-corrected chi connectivity index (χ0v) is 10.7. The van der Waals surface area contributed by atoms with Crippen molar-refractivity contribution in [2.75, 3.05) is 13.1 Å². The van der Waals surface area contributed by atoms with Crippen LogP contribution >= 0.6 is 0 Å². The van der Waals surface area contributed by atoms with Gasteiger partial charge in [0.15, 0.2) is 0 Å². The molecule has 18 heavy (non-hydrogen) atoms. The van der Waals surface area contributed by atoms with Gasteiger partial charge in [0, 0.05) is 24.6 Å². The maximum atomic E-state index is 11.8. The van der Waals surface area contributed by atoms with E-state index in [1.54, 1.807) is 17.1 Å². The smallest absolute Gasteiger partial charge is 0.246 e. The summed E-state index contributed by atoms with van der Waals surface area (Å²) in [4.78, 5) is 13.6. The second kappa shape index (κ2) is 5.54. The fraction of sp³-hybridized carbons (Fsp3) is 0.267. The molecule has 0 unspecified atom stereocenters. The van der Waals surface area contributed by atoms with E-state index in [-0.39, 0.29) is 5.91 Å². The van der Waals surface area contributed by atoms with Crippen LogP contribution in [0.15, 0.2) is 40.8 Å². The van der Waals surface area contributed by atoms with Gasteiger partial charge in [-0.2, -0.15) is 0 Å². The number of hydrogen-bond acceptors (Lipinski definition) is 2. The third-order valence-electron chi connectivity index (χ3n) is 2.91. The molecule has 0 N–H and O–H groups in total. The van der Waals surface area contributed by atoms with Crippen LogP contribution < -0.4 is 0 Å². The number of fused-ring (bicyclic) bond motifs is 1. The van der Waals surface area contributed by atoms with E-state index < -0.39 is 0 Å². The SMILES string of the molecule is CCN(CC)C(=O)/C=C/c1cc2ccccc2o1. The number of hydrogen-bond donors (Lipinski definition) is 0. The van der Waals surface area contributed by atoms with Crippen molar-refractivity contribution in [1.82, 2.24) is 4.90 Å². The average molecular weight is 243 g/mol. The van der Waals surface area contributed by atoms with Crippen LogP contribution in [-0.2, 0) is 4.79 Å². The molecule has 0 aliphatic carbocycles. The molecule has 0 aliphatic rings. The molecule has 3 nitrogen and oxygen atoms in total. The zero-order chi connectivity index (χ0) is 13.0. The van der Waals surface area contributed by atoms with Gasteiger partial charge in [0.1, 0.15) is 11.3 Å². The first-order chi connectivity index (χ1) is 8.74. The summed E-state index contributed by atoms with van der Waals surface area (Å²) in [7, 11) is 0. The molecule has 2 rings (SSSR count). The molecule has 0 saturated heterocycles. The maximum absolute atomic E-state index is 11.8. The highest BCUT2D eigenvalue weighted by atomic mass is 16.3. The third-order valence-corrected chi connectivity index (χ3v) is 2.91. The largest absolute Gasteiger partial charge is 0.457 e. The first-order valence-electron chi connectivity index (χ1n) is 6.20. The van der Waals surface area contributed by atoms with Gasteiger partial charge >= 0.3 is 0 Å². The van der Waals surface area contributed by atoms with Crippen molar-refractivity contribution >= 4 is 23.0 Å². The Morgan fingerprint density at radius 1 is 1.28 bits per heavy atom. The van der Waals surface area contributed by atoms with Crippen LogP contribution in [-0.4, -0.2) is 23.9 Å². The number of carbonyl (C=O) groups excluding carboxylic acids is 1. The first-order valence-corrected chi connectivity index (χ1v) is 6.20. The van der Waals surface area contributed by atoms with Gasteiger partial charge < -0.3 is 9.32 Å². The number of amides is 1. The van der Waals surface area contributed by atoms with Crippen molar-refractivity contribution in [3.8, 4) is 0 Å². The van der Waals surface area contributed by atoms with Crippen molar-refractivity contribution < 1.29 is 9.21 Å². The molecule has 0 spiro atoms. The molecule has 2 aromatic rings. The summed E-state index contributed by atoms with van der Waals surface area (Å²) in [6, 6.07) is 9.73. The quantitative estimate of drug-likeness (QED) is 0.772. The minimum absolute atomic E-state index is 0.0143. The second-order valence-electron chi connectivity index (χ2n) is 4.03. The summed E-state index contributed by atoms with van der Waals surface area (Å²) in [6.07, 6.45) is 3.28. The molecule has 1 amide bonds. The van der Waals surface area contributed by atoms with Crippen molar-refractivity contribution in [2.24, 2.45) is 0 Å². The van der Waals surface area contributed by atoms with Crippen LogP contribution in [0.5, 0.6) is 0 Å². The lowest BCUT2D eigenvalue weighted by Gasteiger charge is -2.15. The number of carbonyl (C=O) groups is 1. The molecule has 0 radical (unpaired) electrons. The van der Waals surface area contributed by atoms with Gasteiger partial charge in [0.2, 0.25) is 5.91 Å². The van der Waals surface area contributed by atoms with Gasteiger partial charge in [0.05, 0.1) is 0 Å². The summed E-state index contributed by atoms with van der Waals surface area (Å²) in [5.74, 6) is 0.720. The Hall–Kier alpha value is -2.03. The minimum atomic E-state index is 0.0143. The van der Waals surface area contributed by atoms with Gasteiger partial charge in [-0.3, -0.25) is 4.79 Å². The number of para-hydroxylation sites is 1. The third kappa shape index (κ3) is 2.62. The van der Waals surface area contributed by atoms with Crippen LogP contribution in [0.4, 0.5) is 0 Å². The Kier molecular flexibility index (Phi) is 3.82. The Balaban J connectivity index is 2.15. The number of nitrogens with zero attached hydrogens (tertiary/aromatic N) is 1. The Morgan fingerprint density at radius 2 is 2.00 bits per heavy atom. The first kappa shape index (κ1) is 12.4. The summed E-state index contributed by atoms with van der Waals surface area (Å²) in [6.45, 7) is 5.38. The van der Waals surface area contributed by atoms with E-state index in [0.717, 1.165) is 24.1 Å². The number of rotatable bonds is 4. The lowest BCUT2D eigenvalue weighted by molar-refractivity contribution is -0.125. The van der Waals surface area contributed by atoms with Gasteiger partial charge in [0.25, 0.3) is 0 Å². The minimum Gasteiger partial charge on any atom is -0.457 e. The lowest BCUT2D eigenvalue weighted by Crippen LogP contribution is -2.28. The van der Waals surface area contributed by atoms with E-state index in [1.165, 1.54) is 0 Å². The fourth-order valence-corrected chi connectivity index (χ4v) is 1.88. The molecular formula is C15H17NO2. The number of likely N-dealkylation sites (N-methyl/N-ethyl adjacent to an activating group) is 1. The van der Waals surface area contributed by atoms with Gasteiger partial charge in [-0.15, -0.1) is 0 Å². The van der Waals surface area contributed by atoms with Crippen molar-refractivity contribution in [3.63, 3.8) is 0 Å². The molecule has 0 bridgehead atoms. The van der Waals surface area contributed by atoms with Crippen molar-refractivity contribution in [1.29, 1.82) is 0 Å². The summed E-state index contributed by atoms with van der Waals surface area (Å²) >= 11 is 0. The van der Waals surface area contributed by atoms with E-state index in [4.69, 9.17) is 4.42 Å². The molecule has 0 fully saturated rings. The standard InChI is InChI=1S/C15H17NO2/c1-3-16(4-2)15(17)10-9-13-11-12-7-5-6-8-14(12)18-13/h5-11H,3-4H2,1-2H3/b10-9+. The number of benzene rings is 1. The normalized spacial score (nSPS) is 11.2. The maximum Gasteiger partial charge on any atom is 0.246 e. The van der Waals surface area contributed by atoms with Gasteiger partial charge in [-0.1, -0.05) is 18.2 Å². The second-order valence-corrected chi connectivity index (χ2v) is 4.03. The summed E-state index contributed by atoms with van der Waals surface area (Å²) in [5.41, 5.74) is 0.840. The van der Waals surface area contributed by atoms with Crippen LogP contribution in [0.1, 0.15) is 19.6 Å². The topological polar surface area (TPSA) is 33.5 Å². The zero-order valence-electron chi connectivity index (χ0n) is 10.7. The molecule has 94 valence electrons. The monoisotopic (exact) mass is 243 g/mol. The molecule has 3 heteroatoms. The predicted octanol–water partition coefficient (Wildman–Crippen LogP) is 3.31. The lowest BCUT2D eigenvalue weighted by atomic mass is 10.2. The van der Waals surface area contributed by atoms with Crippen molar-refractivity contribution in [3.05, 3.63) is 42.2 Å². The van der Waals surface area contributed by atoms with Crippen LogP contribution in [0.2, 0.25) is 0 Å². The highest BCUT2D eigenvalue weighted by Gasteiger charge is 2.05. The van der Waals surface area contributed by atoms with E-state index >= 15 is 0 Å². The highest BCUT2D eigenvalue weighted by molar-refractivity contribution is 5.92. The molecule has 0 aliphatic heterocycles. The molecule has 0 atom stereocenters. The molecule has 1 aromatic heterocycles. The fourth-order valence-electron chi connectivity index (χ4n) is 1.88. The molecule has 1 aromatic carbocycles. The average Bonchev–Trinajstić information content (AvgIpc) is 2.80. The van der Waals surface area contributed by atoms with Crippen LogP contribution in [0.25, 0.3) is 17.0 Å². The van der Waals surface area contributed by atoms with Crippen LogP contribution in [0.3, 0.4) is 0 Å². The van der Waals surface area contributed by atoms with E-state index in [0.29, 0.717) is 5.76 Å². The Labute approximate surface area is 107 Å². The van der Waals surface area contributed by atoms with Crippen molar-refractivity contribution in [2.45, 2.75) is 13.8 Å².